The van der Waals surface area contributed by atoms with Crippen LogP contribution in [0.1, 0.15) is 24.6 Å². The molecular weight excluding hydrogens is 280 g/mol. The van der Waals surface area contributed by atoms with E-state index in [0.717, 1.165) is 12.8 Å². The summed E-state index contributed by atoms with van der Waals surface area (Å²) in [6.07, 6.45) is 6.03. The fraction of sp³-hybridized carbons (Fsp3) is 0.667. The fourth-order valence-corrected chi connectivity index (χ4v) is 3.54. The smallest absolute Gasteiger partial charge is 0.211 e. The summed E-state index contributed by atoms with van der Waals surface area (Å²) in [4.78, 5) is 8.59. The van der Waals surface area contributed by atoms with Crippen molar-refractivity contribution in [2.45, 2.75) is 18.9 Å². The average Bonchev–Trinajstić information content (AvgIpc) is 2.89. The molecule has 0 saturated carbocycles. The third-order valence-corrected chi connectivity index (χ3v) is 4.56. The van der Waals surface area contributed by atoms with Crippen molar-refractivity contribution in [2.24, 2.45) is 0 Å². The van der Waals surface area contributed by atoms with Gasteiger partial charge in [0.15, 0.2) is 0 Å². The first-order valence-corrected chi connectivity index (χ1v) is 8.39. The SMILES string of the molecule is COCCNc1nccnc1C1CCCN1S(C)(=O)=O. The maximum absolute atomic E-state index is 11.8. The van der Waals surface area contributed by atoms with Crippen molar-refractivity contribution >= 4 is 15.8 Å². The number of nitrogens with one attached hydrogen (secondary N) is 1. The van der Waals surface area contributed by atoms with Gasteiger partial charge in [0, 0.05) is 32.6 Å². The van der Waals surface area contributed by atoms with Gasteiger partial charge in [-0.3, -0.25) is 4.98 Å². The standard InChI is InChI=1S/C12H20N4O3S/c1-19-9-7-15-12-11(13-5-6-14-12)10-4-3-8-16(10)20(2,17)18/h5-6,10H,3-4,7-9H2,1-2H3,(H,14,15). The number of ether oxygens (including phenoxy) is 1. The quantitative estimate of drug-likeness (QED) is 0.776. The van der Waals surface area contributed by atoms with Crippen LogP contribution >= 0.6 is 0 Å². The van der Waals surface area contributed by atoms with Crippen molar-refractivity contribution in [3.05, 3.63) is 18.1 Å². The van der Waals surface area contributed by atoms with Crippen molar-refractivity contribution in [3.8, 4) is 0 Å². The van der Waals surface area contributed by atoms with Crippen LogP contribution in [0.2, 0.25) is 0 Å². The largest absolute Gasteiger partial charge is 0.383 e. The highest BCUT2D eigenvalue weighted by Gasteiger charge is 2.35. The molecule has 1 fully saturated rings. The minimum Gasteiger partial charge on any atom is -0.383 e. The highest BCUT2D eigenvalue weighted by atomic mass is 32.2. The van der Waals surface area contributed by atoms with Gasteiger partial charge in [-0.05, 0) is 12.8 Å². The molecular formula is C12H20N4O3S. The van der Waals surface area contributed by atoms with Crippen LogP contribution in [0.15, 0.2) is 12.4 Å². The van der Waals surface area contributed by atoms with Crippen molar-refractivity contribution in [3.63, 3.8) is 0 Å². The molecule has 2 heterocycles. The Hall–Kier alpha value is -1.25. The van der Waals surface area contributed by atoms with Crippen LogP contribution in [0.4, 0.5) is 5.82 Å². The van der Waals surface area contributed by atoms with Gasteiger partial charge in [0.25, 0.3) is 0 Å². The van der Waals surface area contributed by atoms with Gasteiger partial charge in [0.1, 0.15) is 11.5 Å². The average molecular weight is 300 g/mol. The van der Waals surface area contributed by atoms with Crippen molar-refractivity contribution in [2.75, 3.05) is 38.4 Å². The van der Waals surface area contributed by atoms with Gasteiger partial charge >= 0.3 is 0 Å². The van der Waals surface area contributed by atoms with Gasteiger partial charge in [0.05, 0.1) is 18.9 Å². The first-order chi connectivity index (χ1) is 9.54. The summed E-state index contributed by atoms with van der Waals surface area (Å²) in [5.41, 5.74) is 0.687. The van der Waals surface area contributed by atoms with Gasteiger partial charge in [-0.25, -0.2) is 13.4 Å². The molecule has 0 bridgehead atoms. The molecule has 1 aliphatic heterocycles. The first kappa shape index (κ1) is 15.1. The monoisotopic (exact) mass is 300 g/mol. The third-order valence-electron chi connectivity index (χ3n) is 3.27. The summed E-state index contributed by atoms with van der Waals surface area (Å²) in [6, 6.07) is -0.233. The first-order valence-electron chi connectivity index (χ1n) is 6.54. The lowest BCUT2D eigenvalue weighted by Gasteiger charge is -2.23. The van der Waals surface area contributed by atoms with E-state index in [0.29, 0.717) is 31.2 Å². The van der Waals surface area contributed by atoms with E-state index in [1.807, 2.05) is 0 Å². The van der Waals surface area contributed by atoms with E-state index in [1.54, 1.807) is 19.5 Å². The Morgan fingerprint density at radius 3 is 2.90 bits per heavy atom. The van der Waals surface area contributed by atoms with Gasteiger partial charge in [-0.1, -0.05) is 0 Å². The second-order valence-electron chi connectivity index (χ2n) is 4.74. The summed E-state index contributed by atoms with van der Waals surface area (Å²) >= 11 is 0. The molecule has 7 nitrogen and oxygen atoms in total. The Balaban J connectivity index is 2.23. The van der Waals surface area contributed by atoms with E-state index in [2.05, 4.69) is 15.3 Å². The fourth-order valence-electron chi connectivity index (χ4n) is 2.41. The number of hydrogen-bond acceptors (Lipinski definition) is 6. The Labute approximate surface area is 119 Å². The Kier molecular flexibility index (Phi) is 4.90. The molecule has 20 heavy (non-hydrogen) atoms. The summed E-state index contributed by atoms with van der Waals surface area (Å²) < 4.78 is 30.1. The number of methoxy groups -OCH3 is 1. The number of anilines is 1. The molecule has 8 heteroatoms. The van der Waals surface area contributed by atoms with Crippen molar-refractivity contribution in [1.82, 2.24) is 14.3 Å². The molecule has 2 rings (SSSR count). The molecule has 0 aliphatic carbocycles. The molecule has 1 aromatic rings. The molecule has 0 spiro atoms. The summed E-state index contributed by atoms with van der Waals surface area (Å²) in [7, 11) is -1.60. The Bertz CT molecular complexity index is 549. The maximum Gasteiger partial charge on any atom is 0.211 e. The Morgan fingerprint density at radius 1 is 1.45 bits per heavy atom. The van der Waals surface area contributed by atoms with Gasteiger partial charge in [-0.15, -0.1) is 0 Å². The van der Waals surface area contributed by atoms with Crippen molar-refractivity contribution in [1.29, 1.82) is 0 Å². The number of sulfonamides is 1. The molecule has 1 atom stereocenters. The van der Waals surface area contributed by atoms with Crippen LogP contribution in [-0.4, -0.2) is 55.8 Å². The zero-order valence-electron chi connectivity index (χ0n) is 11.7. The summed E-state index contributed by atoms with van der Waals surface area (Å²) in [6.45, 7) is 1.70. The van der Waals surface area contributed by atoms with Crippen LogP contribution < -0.4 is 5.32 Å². The molecule has 1 aromatic heterocycles. The minimum atomic E-state index is -3.23. The van der Waals surface area contributed by atoms with E-state index >= 15 is 0 Å². The number of hydrogen-bond donors (Lipinski definition) is 1. The lowest BCUT2D eigenvalue weighted by Crippen LogP contribution is -2.30. The van der Waals surface area contributed by atoms with E-state index in [9.17, 15) is 8.42 Å². The zero-order chi connectivity index (χ0) is 14.6. The number of rotatable bonds is 6. The number of nitrogens with zero attached hydrogens (tertiary/aromatic N) is 3. The summed E-state index contributed by atoms with van der Waals surface area (Å²) in [5, 5.41) is 3.14. The topological polar surface area (TPSA) is 84.4 Å². The van der Waals surface area contributed by atoms with E-state index < -0.39 is 10.0 Å². The van der Waals surface area contributed by atoms with Gasteiger partial charge < -0.3 is 10.1 Å². The summed E-state index contributed by atoms with van der Waals surface area (Å²) in [5.74, 6) is 0.630. The highest BCUT2D eigenvalue weighted by Crippen LogP contribution is 2.35. The van der Waals surface area contributed by atoms with Crippen molar-refractivity contribution < 1.29 is 13.2 Å². The number of aromatic nitrogens is 2. The molecule has 112 valence electrons. The molecule has 0 radical (unpaired) electrons. The lowest BCUT2D eigenvalue weighted by molar-refractivity contribution is 0.210. The molecule has 0 aromatic carbocycles. The lowest BCUT2D eigenvalue weighted by atomic mass is 10.1. The van der Waals surface area contributed by atoms with E-state index in [1.165, 1.54) is 10.6 Å². The van der Waals surface area contributed by atoms with Crippen LogP contribution in [0.3, 0.4) is 0 Å². The highest BCUT2D eigenvalue weighted by molar-refractivity contribution is 7.88. The van der Waals surface area contributed by atoms with Crippen LogP contribution in [0.25, 0.3) is 0 Å². The minimum absolute atomic E-state index is 0.233. The molecule has 1 aliphatic rings. The maximum atomic E-state index is 11.8. The Morgan fingerprint density at radius 2 is 2.20 bits per heavy atom. The second-order valence-corrected chi connectivity index (χ2v) is 6.68. The van der Waals surface area contributed by atoms with Crippen LogP contribution in [0.5, 0.6) is 0 Å². The van der Waals surface area contributed by atoms with Crippen LogP contribution in [-0.2, 0) is 14.8 Å². The molecule has 1 saturated heterocycles. The van der Waals surface area contributed by atoms with E-state index in [4.69, 9.17) is 4.74 Å². The molecule has 0 amide bonds. The predicted octanol–water partition coefficient (Wildman–Crippen LogP) is 0.631. The second kappa shape index (κ2) is 6.47. The predicted molar refractivity (Wildman–Crippen MR) is 75.9 cm³/mol. The molecule has 1 unspecified atom stereocenters. The normalized spacial score (nSPS) is 20.2. The third kappa shape index (κ3) is 3.44. The van der Waals surface area contributed by atoms with Crippen LogP contribution in [0, 0.1) is 0 Å². The van der Waals surface area contributed by atoms with Gasteiger partial charge in [-0.2, -0.15) is 4.31 Å². The van der Waals surface area contributed by atoms with E-state index in [-0.39, 0.29) is 6.04 Å². The van der Waals surface area contributed by atoms with Gasteiger partial charge in [0.2, 0.25) is 10.0 Å². The zero-order valence-corrected chi connectivity index (χ0v) is 12.6. The molecule has 1 N–H and O–H groups in total.